The molecule has 0 aliphatic carbocycles. The Morgan fingerprint density at radius 2 is 2.35 bits per heavy atom. The van der Waals surface area contributed by atoms with Crippen molar-refractivity contribution in [3.63, 3.8) is 0 Å². The van der Waals surface area contributed by atoms with E-state index in [1.54, 1.807) is 0 Å². The lowest BCUT2D eigenvalue weighted by Gasteiger charge is -2.33. The quantitative estimate of drug-likeness (QED) is 0.490. The monoisotopic (exact) mass is 289 g/mol. The molecule has 0 aromatic heterocycles. The van der Waals surface area contributed by atoms with Gasteiger partial charge in [0.05, 0.1) is 39.0 Å². The van der Waals surface area contributed by atoms with Crippen LogP contribution in [0.15, 0.2) is 0 Å². The van der Waals surface area contributed by atoms with Crippen LogP contribution in [0.3, 0.4) is 0 Å². The van der Waals surface area contributed by atoms with Crippen molar-refractivity contribution in [1.29, 1.82) is 0 Å². The van der Waals surface area contributed by atoms with Crippen LogP contribution >= 0.6 is 0 Å². The van der Waals surface area contributed by atoms with Crippen LogP contribution in [0, 0.1) is 0 Å². The molecular weight excluding hydrogens is 262 g/mol. The first-order chi connectivity index (χ1) is 9.65. The molecule has 2 unspecified atom stereocenters. The number of β-amino-alcohol motifs (C(OH)–C–C–N with tert-alkyl or cyclic N) is 1. The first-order valence-electron chi connectivity index (χ1n) is 7.32. The summed E-state index contributed by atoms with van der Waals surface area (Å²) in [5.74, 6) is -0.264. The minimum atomic E-state index is -0.497. The Bertz CT molecular complexity index is 274. The number of unbranched alkanes of at least 4 members (excludes halogenated alkanes) is 1. The molecule has 0 bridgehead atoms. The van der Waals surface area contributed by atoms with Gasteiger partial charge in [-0.05, 0) is 6.42 Å². The van der Waals surface area contributed by atoms with Gasteiger partial charge in [-0.15, -0.1) is 0 Å². The highest BCUT2D eigenvalue weighted by atomic mass is 16.5. The maximum absolute atomic E-state index is 11.2. The van der Waals surface area contributed by atoms with Crippen LogP contribution in [-0.4, -0.2) is 74.7 Å². The summed E-state index contributed by atoms with van der Waals surface area (Å²) in [7, 11) is 1.38. The summed E-state index contributed by atoms with van der Waals surface area (Å²) in [6.45, 7) is 5.69. The number of rotatable bonds is 9. The SMILES string of the molecule is CCCCOCC(O)CN1CCOC(CC(=O)OC)C1. The molecule has 6 nitrogen and oxygen atoms in total. The number of nitrogens with zero attached hydrogens (tertiary/aromatic N) is 1. The maximum atomic E-state index is 11.2. The standard InChI is InChI=1S/C14H27NO5/c1-3-4-6-19-11-12(16)9-15-5-7-20-13(10-15)8-14(17)18-2/h12-13,16H,3-11H2,1-2H3. The maximum Gasteiger partial charge on any atom is 0.308 e. The van der Waals surface area contributed by atoms with Crippen LogP contribution in [-0.2, 0) is 19.0 Å². The summed E-state index contributed by atoms with van der Waals surface area (Å²) in [6.07, 6.45) is 1.73. The van der Waals surface area contributed by atoms with Crippen LogP contribution < -0.4 is 0 Å². The molecule has 118 valence electrons. The van der Waals surface area contributed by atoms with Gasteiger partial charge in [0.2, 0.25) is 0 Å². The van der Waals surface area contributed by atoms with Gasteiger partial charge in [-0.1, -0.05) is 13.3 Å². The molecule has 0 spiro atoms. The Labute approximate surface area is 121 Å². The molecule has 1 saturated heterocycles. The van der Waals surface area contributed by atoms with Gasteiger partial charge in [0.25, 0.3) is 0 Å². The van der Waals surface area contributed by atoms with Gasteiger partial charge in [0, 0.05) is 26.2 Å². The lowest BCUT2D eigenvalue weighted by atomic mass is 10.2. The lowest BCUT2D eigenvalue weighted by Crippen LogP contribution is -2.47. The van der Waals surface area contributed by atoms with Crippen molar-refractivity contribution >= 4 is 5.97 Å². The summed E-state index contributed by atoms with van der Waals surface area (Å²) in [4.78, 5) is 13.3. The minimum Gasteiger partial charge on any atom is -0.469 e. The summed E-state index contributed by atoms with van der Waals surface area (Å²) >= 11 is 0. The zero-order chi connectivity index (χ0) is 14.8. The number of methoxy groups -OCH3 is 1. The molecule has 0 aromatic carbocycles. The van der Waals surface area contributed by atoms with Gasteiger partial charge in [0.15, 0.2) is 0 Å². The Balaban J connectivity index is 2.20. The Hall–Kier alpha value is -0.690. The number of ether oxygens (including phenoxy) is 3. The van der Waals surface area contributed by atoms with Crippen LogP contribution in [0.2, 0.25) is 0 Å². The zero-order valence-electron chi connectivity index (χ0n) is 12.5. The zero-order valence-corrected chi connectivity index (χ0v) is 12.5. The van der Waals surface area contributed by atoms with Gasteiger partial charge in [0.1, 0.15) is 0 Å². The molecule has 1 rings (SSSR count). The molecule has 1 heterocycles. The molecular formula is C14H27NO5. The van der Waals surface area contributed by atoms with Crippen LogP contribution in [0.25, 0.3) is 0 Å². The highest BCUT2D eigenvalue weighted by Crippen LogP contribution is 2.10. The number of carbonyl (C=O) groups excluding carboxylic acids is 1. The third kappa shape index (κ3) is 7.19. The summed E-state index contributed by atoms with van der Waals surface area (Å²) < 4.78 is 15.6. The largest absolute Gasteiger partial charge is 0.469 e. The molecule has 1 aliphatic heterocycles. The number of aliphatic hydroxyl groups is 1. The molecule has 1 fully saturated rings. The Kier molecular flexibility index (Phi) is 8.77. The van der Waals surface area contributed by atoms with Crippen LogP contribution in [0.1, 0.15) is 26.2 Å². The van der Waals surface area contributed by atoms with Gasteiger partial charge in [-0.2, -0.15) is 0 Å². The third-order valence-electron chi connectivity index (χ3n) is 3.27. The molecule has 0 amide bonds. The number of carbonyl (C=O) groups is 1. The molecule has 1 aliphatic rings. The van der Waals surface area contributed by atoms with Crippen molar-refractivity contribution in [2.45, 2.75) is 38.4 Å². The second kappa shape index (κ2) is 10.1. The van der Waals surface area contributed by atoms with Gasteiger partial charge in [-0.3, -0.25) is 9.69 Å². The molecule has 0 saturated carbocycles. The first-order valence-corrected chi connectivity index (χ1v) is 7.32. The second-order valence-electron chi connectivity index (χ2n) is 5.11. The summed E-state index contributed by atoms with van der Waals surface area (Å²) in [5, 5.41) is 9.92. The third-order valence-corrected chi connectivity index (χ3v) is 3.27. The number of hydrogen-bond acceptors (Lipinski definition) is 6. The van der Waals surface area contributed by atoms with Crippen molar-refractivity contribution in [1.82, 2.24) is 4.90 Å². The average Bonchev–Trinajstić information content (AvgIpc) is 2.44. The fourth-order valence-electron chi connectivity index (χ4n) is 2.16. The van der Waals surface area contributed by atoms with Crippen molar-refractivity contribution in [2.24, 2.45) is 0 Å². The van der Waals surface area contributed by atoms with Gasteiger partial charge < -0.3 is 19.3 Å². The van der Waals surface area contributed by atoms with Crippen molar-refractivity contribution < 1.29 is 24.1 Å². The van der Waals surface area contributed by atoms with Crippen molar-refractivity contribution in [3.8, 4) is 0 Å². The number of aliphatic hydroxyl groups excluding tert-OH is 1. The predicted molar refractivity (Wildman–Crippen MR) is 74.5 cm³/mol. The summed E-state index contributed by atoms with van der Waals surface area (Å²) in [6, 6.07) is 0. The molecule has 0 aromatic rings. The van der Waals surface area contributed by atoms with E-state index in [2.05, 4.69) is 16.6 Å². The van der Waals surface area contributed by atoms with Crippen LogP contribution in [0.5, 0.6) is 0 Å². The highest BCUT2D eigenvalue weighted by Gasteiger charge is 2.24. The molecule has 0 radical (unpaired) electrons. The fourth-order valence-corrected chi connectivity index (χ4v) is 2.16. The van der Waals surface area contributed by atoms with E-state index in [4.69, 9.17) is 9.47 Å². The highest BCUT2D eigenvalue weighted by molar-refractivity contribution is 5.69. The molecule has 6 heteroatoms. The number of esters is 1. The topological polar surface area (TPSA) is 68.2 Å². The van der Waals surface area contributed by atoms with Crippen molar-refractivity contribution in [3.05, 3.63) is 0 Å². The number of morpholine rings is 1. The van der Waals surface area contributed by atoms with E-state index in [0.717, 1.165) is 19.4 Å². The Morgan fingerprint density at radius 3 is 3.05 bits per heavy atom. The molecule has 20 heavy (non-hydrogen) atoms. The van der Waals surface area contributed by atoms with Gasteiger partial charge in [-0.25, -0.2) is 0 Å². The van der Waals surface area contributed by atoms with E-state index in [0.29, 0.717) is 32.9 Å². The fraction of sp³-hybridized carbons (Fsp3) is 0.929. The van der Waals surface area contributed by atoms with Crippen molar-refractivity contribution in [2.75, 3.05) is 46.6 Å². The second-order valence-corrected chi connectivity index (χ2v) is 5.11. The van der Waals surface area contributed by atoms with Gasteiger partial charge >= 0.3 is 5.97 Å². The van der Waals surface area contributed by atoms with E-state index < -0.39 is 6.10 Å². The summed E-state index contributed by atoms with van der Waals surface area (Å²) in [5.41, 5.74) is 0. The molecule has 1 N–H and O–H groups in total. The normalized spacial score (nSPS) is 21.6. The van der Waals surface area contributed by atoms with E-state index in [1.807, 2.05) is 0 Å². The minimum absolute atomic E-state index is 0.149. The first kappa shape index (κ1) is 17.4. The Morgan fingerprint density at radius 1 is 1.55 bits per heavy atom. The average molecular weight is 289 g/mol. The van der Waals surface area contributed by atoms with E-state index in [1.165, 1.54) is 7.11 Å². The smallest absolute Gasteiger partial charge is 0.308 e. The number of hydrogen-bond donors (Lipinski definition) is 1. The van der Waals surface area contributed by atoms with Crippen LogP contribution in [0.4, 0.5) is 0 Å². The lowest BCUT2D eigenvalue weighted by molar-refractivity contribution is -0.146. The molecule has 2 atom stereocenters. The van der Waals surface area contributed by atoms with E-state index in [-0.39, 0.29) is 18.5 Å². The van der Waals surface area contributed by atoms with E-state index >= 15 is 0 Å². The predicted octanol–water partition coefficient (Wildman–Crippen LogP) is 0.428. The van der Waals surface area contributed by atoms with E-state index in [9.17, 15) is 9.90 Å².